The lowest BCUT2D eigenvalue weighted by Gasteiger charge is -2.14. The first-order chi connectivity index (χ1) is 9.59. The predicted molar refractivity (Wildman–Crippen MR) is 80.9 cm³/mol. The largest absolute Gasteiger partial charge is 0.507 e. The summed E-state index contributed by atoms with van der Waals surface area (Å²) in [5.41, 5.74) is 3.15. The first kappa shape index (κ1) is 13.9. The normalized spacial score (nSPS) is 11.7. The topological polar surface area (TPSA) is 49.3 Å². The average Bonchev–Trinajstić information content (AvgIpc) is 2.45. The van der Waals surface area contributed by atoms with Gasteiger partial charge in [-0.15, -0.1) is 0 Å². The summed E-state index contributed by atoms with van der Waals surface area (Å²) in [4.78, 5) is 11.4. The van der Waals surface area contributed by atoms with Crippen LogP contribution in [0.2, 0.25) is 0 Å². The van der Waals surface area contributed by atoms with Crippen molar-refractivity contribution in [3.63, 3.8) is 0 Å². The van der Waals surface area contributed by atoms with Crippen molar-refractivity contribution in [3.05, 3.63) is 65.7 Å². The molecular weight excluding hydrogens is 250 g/mol. The van der Waals surface area contributed by atoms with E-state index in [0.717, 1.165) is 11.1 Å². The number of aromatic hydroxyl groups is 1. The van der Waals surface area contributed by atoms with E-state index < -0.39 is 0 Å². The number of benzene rings is 2. The number of allylic oxidation sites excluding steroid dienone is 1. The minimum absolute atomic E-state index is 0.140. The van der Waals surface area contributed by atoms with Gasteiger partial charge in [0.05, 0.1) is 5.70 Å². The van der Waals surface area contributed by atoms with Crippen LogP contribution in [0.5, 0.6) is 5.75 Å². The number of carbonyl (C=O) groups excluding carboxylic acids is 1. The summed E-state index contributed by atoms with van der Waals surface area (Å²) in [6, 6.07) is 16.7. The monoisotopic (exact) mass is 267 g/mol. The molecule has 3 nitrogen and oxygen atoms in total. The number of para-hydroxylation sites is 1. The zero-order valence-corrected chi connectivity index (χ0v) is 11.6. The molecule has 0 heterocycles. The third-order valence-corrected chi connectivity index (χ3v) is 3.05. The standard InChI is InChI=1S/C17H17NO2/c1-12(15-10-6-7-11-16(15)20)17(18-13(2)19)14-8-4-3-5-9-14/h3-11,20H,1-2H3,(H,18,19)/b17-12-. The van der Waals surface area contributed by atoms with Crippen LogP contribution in [0, 0.1) is 0 Å². The molecule has 20 heavy (non-hydrogen) atoms. The number of phenolic OH excluding ortho intramolecular Hbond substituents is 1. The lowest BCUT2D eigenvalue weighted by atomic mass is 10.00. The van der Waals surface area contributed by atoms with Crippen LogP contribution >= 0.6 is 0 Å². The van der Waals surface area contributed by atoms with Crippen molar-refractivity contribution in [1.82, 2.24) is 5.32 Å². The second kappa shape index (κ2) is 6.06. The minimum atomic E-state index is -0.140. The minimum Gasteiger partial charge on any atom is -0.507 e. The van der Waals surface area contributed by atoms with E-state index in [1.807, 2.05) is 49.4 Å². The van der Waals surface area contributed by atoms with Crippen LogP contribution in [0.1, 0.15) is 25.0 Å². The molecule has 0 atom stereocenters. The summed E-state index contributed by atoms with van der Waals surface area (Å²) >= 11 is 0. The van der Waals surface area contributed by atoms with Crippen molar-refractivity contribution in [2.45, 2.75) is 13.8 Å². The quantitative estimate of drug-likeness (QED) is 0.837. The Morgan fingerprint density at radius 2 is 1.55 bits per heavy atom. The summed E-state index contributed by atoms with van der Waals surface area (Å²) in [7, 11) is 0. The van der Waals surface area contributed by atoms with E-state index in [1.165, 1.54) is 6.92 Å². The Balaban J connectivity index is 2.58. The smallest absolute Gasteiger partial charge is 0.221 e. The molecule has 0 aliphatic heterocycles. The predicted octanol–water partition coefficient (Wildman–Crippen LogP) is 3.42. The number of hydrogen-bond donors (Lipinski definition) is 2. The molecular formula is C17H17NO2. The molecule has 1 amide bonds. The van der Waals surface area contributed by atoms with Gasteiger partial charge in [0, 0.05) is 12.5 Å². The summed E-state index contributed by atoms with van der Waals surface area (Å²) in [5, 5.41) is 12.8. The van der Waals surface area contributed by atoms with Crippen molar-refractivity contribution < 1.29 is 9.90 Å². The van der Waals surface area contributed by atoms with E-state index in [0.29, 0.717) is 11.3 Å². The van der Waals surface area contributed by atoms with Crippen LogP contribution in [-0.4, -0.2) is 11.0 Å². The maximum absolute atomic E-state index is 11.4. The van der Waals surface area contributed by atoms with Gasteiger partial charge >= 0.3 is 0 Å². The van der Waals surface area contributed by atoms with Gasteiger partial charge in [-0.1, -0.05) is 48.5 Å². The van der Waals surface area contributed by atoms with Crippen molar-refractivity contribution >= 4 is 17.2 Å². The maximum atomic E-state index is 11.4. The zero-order valence-electron chi connectivity index (χ0n) is 11.6. The van der Waals surface area contributed by atoms with Crippen LogP contribution in [-0.2, 0) is 4.79 Å². The Hall–Kier alpha value is -2.55. The number of carbonyl (C=O) groups is 1. The molecule has 0 spiro atoms. The van der Waals surface area contributed by atoms with E-state index in [2.05, 4.69) is 5.32 Å². The highest BCUT2D eigenvalue weighted by atomic mass is 16.3. The fourth-order valence-electron chi connectivity index (χ4n) is 2.09. The van der Waals surface area contributed by atoms with Crippen molar-refractivity contribution in [3.8, 4) is 5.75 Å². The molecule has 0 fully saturated rings. The summed E-state index contributed by atoms with van der Waals surface area (Å²) in [6.45, 7) is 3.36. The van der Waals surface area contributed by atoms with Gasteiger partial charge in [0.25, 0.3) is 0 Å². The Labute approximate surface area is 118 Å². The van der Waals surface area contributed by atoms with Gasteiger partial charge in [0.15, 0.2) is 0 Å². The van der Waals surface area contributed by atoms with E-state index in [9.17, 15) is 9.90 Å². The van der Waals surface area contributed by atoms with Gasteiger partial charge in [-0.05, 0) is 24.1 Å². The van der Waals surface area contributed by atoms with Crippen LogP contribution in [0.15, 0.2) is 54.6 Å². The molecule has 2 N–H and O–H groups in total. The van der Waals surface area contributed by atoms with Gasteiger partial charge in [-0.2, -0.15) is 0 Å². The van der Waals surface area contributed by atoms with Gasteiger partial charge in [-0.25, -0.2) is 0 Å². The third-order valence-electron chi connectivity index (χ3n) is 3.05. The van der Waals surface area contributed by atoms with E-state index in [4.69, 9.17) is 0 Å². The fraction of sp³-hybridized carbons (Fsp3) is 0.118. The lowest BCUT2D eigenvalue weighted by molar-refractivity contribution is -0.117. The molecule has 0 unspecified atom stereocenters. The molecule has 0 saturated carbocycles. The first-order valence-electron chi connectivity index (χ1n) is 6.42. The highest BCUT2D eigenvalue weighted by Gasteiger charge is 2.11. The number of hydrogen-bond acceptors (Lipinski definition) is 2. The number of rotatable bonds is 3. The SMILES string of the molecule is CC(=O)N/C(=C(/C)c1ccccc1O)c1ccccc1. The van der Waals surface area contributed by atoms with Crippen LogP contribution in [0.3, 0.4) is 0 Å². The third kappa shape index (κ3) is 3.06. The Morgan fingerprint density at radius 3 is 2.15 bits per heavy atom. The van der Waals surface area contributed by atoms with Crippen molar-refractivity contribution in [2.75, 3.05) is 0 Å². The van der Waals surface area contributed by atoms with Gasteiger partial charge in [-0.3, -0.25) is 4.79 Å². The van der Waals surface area contributed by atoms with Gasteiger partial charge < -0.3 is 10.4 Å². The molecule has 2 aromatic rings. The molecule has 102 valence electrons. The fourth-order valence-corrected chi connectivity index (χ4v) is 2.09. The van der Waals surface area contributed by atoms with E-state index >= 15 is 0 Å². The molecule has 0 aromatic heterocycles. The van der Waals surface area contributed by atoms with Crippen molar-refractivity contribution in [2.24, 2.45) is 0 Å². The molecule has 0 bridgehead atoms. The van der Waals surface area contributed by atoms with Crippen LogP contribution < -0.4 is 5.32 Å². The molecule has 0 aliphatic rings. The Bertz CT molecular complexity index is 645. The van der Waals surface area contributed by atoms with Crippen molar-refractivity contribution in [1.29, 1.82) is 0 Å². The van der Waals surface area contributed by atoms with Gasteiger partial charge in [0.2, 0.25) is 5.91 Å². The van der Waals surface area contributed by atoms with E-state index in [-0.39, 0.29) is 11.7 Å². The summed E-state index contributed by atoms with van der Waals surface area (Å²) in [6.07, 6.45) is 0. The molecule has 2 rings (SSSR count). The second-order valence-corrected chi connectivity index (χ2v) is 4.56. The molecule has 0 aliphatic carbocycles. The second-order valence-electron chi connectivity index (χ2n) is 4.56. The Morgan fingerprint density at radius 1 is 0.950 bits per heavy atom. The van der Waals surface area contributed by atoms with Crippen LogP contribution in [0.4, 0.5) is 0 Å². The number of nitrogens with one attached hydrogen (secondary N) is 1. The zero-order chi connectivity index (χ0) is 14.5. The van der Waals surface area contributed by atoms with Crippen LogP contribution in [0.25, 0.3) is 11.3 Å². The van der Waals surface area contributed by atoms with E-state index in [1.54, 1.807) is 12.1 Å². The molecule has 0 saturated heterocycles. The first-order valence-corrected chi connectivity index (χ1v) is 6.42. The summed E-state index contributed by atoms with van der Waals surface area (Å²) < 4.78 is 0. The molecule has 2 aromatic carbocycles. The average molecular weight is 267 g/mol. The number of amides is 1. The number of phenols is 1. The molecule has 3 heteroatoms. The lowest BCUT2D eigenvalue weighted by Crippen LogP contribution is -2.19. The highest BCUT2D eigenvalue weighted by molar-refractivity contribution is 5.97. The molecule has 0 radical (unpaired) electrons. The summed E-state index contributed by atoms with van der Waals surface area (Å²) in [5.74, 6) is 0.0578. The maximum Gasteiger partial charge on any atom is 0.221 e. The Kier molecular flexibility index (Phi) is 4.20. The highest BCUT2D eigenvalue weighted by Crippen LogP contribution is 2.29. The van der Waals surface area contributed by atoms with Gasteiger partial charge in [0.1, 0.15) is 5.75 Å².